The first-order valence-corrected chi connectivity index (χ1v) is 9.66. The Morgan fingerprint density at radius 3 is 2.17 bits per heavy atom. The first-order valence-electron chi connectivity index (χ1n) is 9.66. The minimum absolute atomic E-state index is 0.0808. The predicted octanol–water partition coefficient (Wildman–Crippen LogP) is 4.98. The highest BCUT2D eigenvalue weighted by atomic mass is 16.3. The number of oxazole rings is 1. The van der Waals surface area contributed by atoms with Gasteiger partial charge in [-0.25, -0.2) is 4.98 Å². The first-order chi connectivity index (χ1) is 14.3. The van der Waals surface area contributed by atoms with E-state index in [1.54, 1.807) is 6.26 Å². The molecule has 3 aromatic carbocycles. The van der Waals surface area contributed by atoms with Gasteiger partial charge in [-0.3, -0.25) is 4.79 Å². The lowest BCUT2D eigenvalue weighted by Gasteiger charge is -2.19. The van der Waals surface area contributed by atoms with Gasteiger partial charge >= 0.3 is 0 Å². The molecular formula is C25H22N2O2. The van der Waals surface area contributed by atoms with E-state index in [0.717, 1.165) is 17.5 Å². The maximum atomic E-state index is 12.7. The minimum Gasteiger partial charge on any atom is -0.444 e. The minimum atomic E-state index is -0.105. The van der Waals surface area contributed by atoms with Crippen molar-refractivity contribution in [1.82, 2.24) is 10.3 Å². The second-order valence-corrected chi connectivity index (χ2v) is 6.91. The zero-order valence-electron chi connectivity index (χ0n) is 16.0. The van der Waals surface area contributed by atoms with E-state index >= 15 is 0 Å². The molecule has 0 bridgehead atoms. The number of nitrogens with zero attached hydrogens (tertiary/aromatic N) is 1. The van der Waals surface area contributed by atoms with Crippen molar-refractivity contribution in [3.05, 3.63) is 114 Å². The summed E-state index contributed by atoms with van der Waals surface area (Å²) in [6.45, 7) is 0. The van der Waals surface area contributed by atoms with Crippen LogP contribution in [0.5, 0.6) is 0 Å². The lowest BCUT2D eigenvalue weighted by atomic mass is 9.98. The predicted molar refractivity (Wildman–Crippen MR) is 113 cm³/mol. The molecule has 0 aliphatic rings. The van der Waals surface area contributed by atoms with Crippen LogP contribution in [0.3, 0.4) is 0 Å². The molecule has 0 aliphatic heterocycles. The Hall–Kier alpha value is -3.66. The fourth-order valence-electron chi connectivity index (χ4n) is 3.30. The SMILES string of the molecule is O=C(Cc1coc(-c2ccccc2)n1)NC(Cc1ccccc1)c1ccccc1. The molecule has 4 heteroatoms. The molecule has 1 unspecified atom stereocenters. The van der Waals surface area contributed by atoms with E-state index < -0.39 is 0 Å². The van der Waals surface area contributed by atoms with Crippen molar-refractivity contribution >= 4 is 5.91 Å². The molecule has 4 nitrogen and oxygen atoms in total. The van der Waals surface area contributed by atoms with Gasteiger partial charge in [-0.1, -0.05) is 78.9 Å². The van der Waals surface area contributed by atoms with Crippen molar-refractivity contribution in [2.45, 2.75) is 18.9 Å². The van der Waals surface area contributed by atoms with Crippen LogP contribution in [0.25, 0.3) is 11.5 Å². The molecule has 0 saturated heterocycles. The van der Waals surface area contributed by atoms with Gasteiger partial charge < -0.3 is 9.73 Å². The van der Waals surface area contributed by atoms with Crippen LogP contribution < -0.4 is 5.32 Å². The second kappa shape index (κ2) is 9.02. The molecule has 1 N–H and O–H groups in total. The highest BCUT2D eigenvalue weighted by Gasteiger charge is 2.17. The third-order valence-corrected chi connectivity index (χ3v) is 4.73. The van der Waals surface area contributed by atoms with Gasteiger partial charge in [0.05, 0.1) is 18.2 Å². The summed E-state index contributed by atoms with van der Waals surface area (Å²) in [5.41, 5.74) is 3.77. The van der Waals surface area contributed by atoms with Crippen molar-refractivity contribution in [3.63, 3.8) is 0 Å². The maximum absolute atomic E-state index is 12.7. The smallest absolute Gasteiger partial charge is 0.226 e. The van der Waals surface area contributed by atoms with Crippen LogP contribution in [0.2, 0.25) is 0 Å². The molecule has 0 aliphatic carbocycles. The van der Waals surface area contributed by atoms with Crippen molar-refractivity contribution in [1.29, 1.82) is 0 Å². The Morgan fingerprint density at radius 2 is 1.48 bits per heavy atom. The van der Waals surface area contributed by atoms with E-state index in [4.69, 9.17) is 4.42 Å². The van der Waals surface area contributed by atoms with Crippen LogP contribution in [0.15, 0.2) is 102 Å². The first kappa shape index (κ1) is 18.7. The zero-order valence-corrected chi connectivity index (χ0v) is 16.0. The van der Waals surface area contributed by atoms with Crippen LogP contribution in [0.1, 0.15) is 22.9 Å². The van der Waals surface area contributed by atoms with E-state index in [0.29, 0.717) is 11.6 Å². The largest absolute Gasteiger partial charge is 0.444 e. The number of hydrogen-bond acceptors (Lipinski definition) is 3. The van der Waals surface area contributed by atoms with E-state index in [9.17, 15) is 4.79 Å². The standard InChI is InChI=1S/C25H22N2O2/c28-24(17-22-18-29-25(26-22)21-14-8-3-9-15-21)27-23(20-12-6-2-7-13-20)16-19-10-4-1-5-11-19/h1-15,18,23H,16-17H2,(H,27,28). The number of amides is 1. The van der Waals surface area contributed by atoms with Crippen LogP contribution in [-0.4, -0.2) is 10.9 Å². The van der Waals surface area contributed by atoms with E-state index in [-0.39, 0.29) is 18.4 Å². The zero-order chi connectivity index (χ0) is 19.9. The summed E-state index contributed by atoms with van der Waals surface area (Å²) in [4.78, 5) is 17.2. The summed E-state index contributed by atoms with van der Waals surface area (Å²) >= 11 is 0. The van der Waals surface area contributed by atoms with E-state index in [1.165, 1.54) is 5.56 Å². The fraction of sp³-hybridized carbons (Fsp3) is 0.120. The third-order valence-electron chi connectivity index (χ3n) is 4.73. The van der Waals surface area contributed by atoms with Crippen molar-refractivity contribution < 1.29 is 9.21 Å². The molecule has 0 fully saturated rings. The van der Waals surface area contributed by atoms with Crippen molar-refractivity contribution in [2.24, 2.45) is 0 Å². The topological polar surface area (TPSA) is 55.1 Å². The molecule has 1 heterocycles. The number of rotatable bonds is 7. The Kier molecular flexibility index (Phi) is 5.81. The normalized spacial score (nSPS) is 11.7. The molecule has 1 amide bonds. The number of carbonyl (C=O) groups is 1. The van der Waals surface area contributed by atoms with Crippen LogP contribution in [0.4, 0.5) is 0 Å². The van der Waals surface area contributed by atoms with Gasteiger partial charge in [0.25, 0.3) is 0 Å². The van der Waals surface area contributed by atoms with Crippen LogP contribution >= 0.6 is 0 Å². The molecule has 1 atom stereocenters. The third kappa shape index (κ3) is 4.99. The van der Waals surface area contributed by atoms with Gasteiger partial charge in [0.1, 0.15) is 6.26 Å². The molecule has 1 aromatic heterocycles. The fourth-order valence-corrected chi connectivity index (χ4v) is 3.30. The maximum Gasteiger partial charge on any atom is 0.226 e. The molecule has 4 rings (SSSR count). The average Bonchev–Trinajstić information content (AvgIpc) is 3.24. The number of hydrogen-bond donors (Lipinski definition) is 1. The number of nitrogens with one attached hydrogen (secondary N) is 1. The average molecular weight is 382 g/mol. The quantitative estimate of drug-likeness (QED) is 0.490. The van der Waals surface area contributed by atoms with Crippen molar-refractivity contribution in [2.75, 3.05) is 0 Å². The molecule has 0 radical (unpaired) electrons. The number of aromatic nitrogens is 1. The molecule has 144 valence electrons. The number of benzene rings is 3. The van der Waals surface area contributed by atoms with Gasteiger partial charge in [0.15, 0.2) is 0 Å². The lowest BCUT2D eigenvalue weighted by Crippen LogP contribution is -2.31. The van der Waals surface area contributed by atoms with Gasteiger partial charge in [-0.15, -0.1) is 0 Å². The second-order valence-electron chi connectivity index (χ2n) is 6.91. The Balaban J connectivity index is 1.46. The molecule has 29 heavy (non-hydrogen) atoms. The van der Waals surface area contributed by atoms with Crippen molar-refractivity contribution in [3.8, 4) is 11.5 Å². The highest BCUT2D eigenvalue weighted by Crippen LogP contribution is 2.20. The summed E-state index contributed by atoms with van der Waals surface area (Å²) in [7, 11) is 0. The van der Waals surface area contributed by atoms with Gasteiger partial charge in [-0.05, 0) is 29.7 Å². The lowest BCUT2D eigenvalue weighted by molar-refractivity contribution is -0.121. The van der Waals surface area contributed by atoms with Gasteiger partial charge in [0.2, 0.25) is 11.8 Å². The summed E-state index contributed by atoms with van der Waals surface area (Å²) in [6.07, 6.45) is 2.45. The van der Waals surface area contributed by atoms with E-state index in [2.05, 4.69) is 22.4 Å². The van der Waals surface area contributed by atoms with Crippen LogP contribution in [-0.2, 0) is 17.6 Å². The van der Waals surface area contributed by atoms with Gasteiger partial charge in [-0.2, -0.15) is 0 Å². The molecule has 0 spiro atoms. The number of carbonyl (C=O) groups excluding carboxylic acids is 1. The Labute approximate surface area is 170 Å². The van der Waals surface area contributed by atoms with Gasteiger partial charge in [0, 0.05) is 5.56 Å². The Bertz CT molecular complexity index is 1040. The molecular weight excluding hydrogens is 360 g/mol. The Morgan fingerprint density at radius 1 is 0.862 bits per heavy atom. The molecule has 0 saturated carbocycles. The summed E-state index contributed by atoms with van der Waals surface area (Å²) in [6, 6.07) is 29.8. The summed E-state index contributed by atoms with van der Waals surface area (Å²) in [5.74, 6) is 0.444. The summed E-state index contributed by atoms with van der Waals surface area (Å²) < 4.78 is 5.55. The summed E-state index contributed by atoms with van der Waals surface area (Å²) in [5, 5.41) is 3.16. The van der Waals surface area contributed by atoms with Crippen LogP contribution in [0, 0.1) is 0 Å². The monoisotopic (exact) mass is 382 g/mol. The highest BCUT2D eigenvalue weighted by molar-refractivity contribution is 5.78. The molecule has 4 aromatic rings. The van der Waals surface area contributed by atoms with E-state index in [1.807, 2.05) is 78.9 Å².